The van der Waals surface area contributed by atoms with E-state index in [2.05, 4.69) is 20.5 Å². The Morgan fingerprint density at radius 3 is 2.50 bits per heavy atom. The zero-order valence-electron chi connectivity index (χ0n) is 19.7. The molecule has 36 heavy (non-hydrogen) atoms. The minimum absolute atomic E-state index is 0.0568. The third kappa shape index (κ3) is 5.93. The molecular formula is C27H28ClF3N4O. The average Bonchev–Trinajstić information content (AvgIpc) is 3.65. The molecule has 2 heterocycles. The number of likely N-dealkylation sites (tertiary alicyclic amines) is 1. The lowest BCUT2D eigenvalue weighted by molar-refractivity contribution is -0.150. The molecule has 1 saturated carbocycles. The number of amides is 1. The fraction of sp³-hybridized carbons (Fsp3) is 0.407. The van der Waals surface area contributed by atoms with E-state index in [0.29, 0.717) is 16.9 Å². The van der Waals surface area contributed by atoms with Crippen LogP contribution in [0, 0.1) is 11.8 Å². The van der Waals surface area contributed by atoms with Crippen molar-refractivity contribution in [2.75, 3.05) is 25.0 Å². The number of carbonyl (C=O) groups excluding carboxylic acids is 1. The van der Waals surface area contributed by atoms with E-state index in [0.717, 1.165) is 42.9 Å². The normalized spacial score (nSPS) is 20.9. The van der Waals surface area contributed by atoms with Crippen molar-refractivity contribution < 1.29 is 18.0 Å². The van der Waals surface area contributed by atoms with Gasteiger partial charge in [0.25, 0.3) is 5.91 Å². The zero-order valence-corrected chi connectivity index (χ0v) is 20.4. The van der Waals surface area contributed by atoms with E-state index in [9.17, 15) is 18.0 Å². The molecule has 1 aliphatic carbocycles. The van der Waals surface area contributed by atoms with Gasteiger partial charge in [-0.05, 0) is 55.0 Å². The van der Waals surface area contributed by atoms with Crippen LogP contribution in [0.25, 0.3) is 10.9 Å². The van der Waals surface area contributed by atoms with Gasteiger partial charge in [0.1, 0.15) is 5.82 Å². The summed E-state index contributed by atoms with van der Waals surface area (Å²) in [6, 6.07) is 16.9. The van der Waals surface area contributed by atoms with E-state index in [1.54, 1.807) is 6.07 Å². The summed E-state index contributed by atoms with van der Waals surface area (Å²) in [5.41, 5.74) is 2.32. The van der Waals surface area contributed by atoms with Crippen LogP contribution in [0.4, 0.5) is 19.0 Å². The molecule has 0 unspecified atom stereocenters. The van der Waals surface area contributed by atoms with Gasteiger partial charge in [-0.1, -0.05) is 41.9 Å². The number of piperidine rings is 1. The van der Waals surface area contributed by atoms with Crippen LogP contribution in [-0.4, -0.2) is 47.6 Å². The second-order valence-corrected chi connectivity index (χ2v) is 10.2. The highest BCUT2D eigenvalue weighted by atomic mass is 35.5. The highest BCUT2D eigenvalue weighted by molar-refractivity contribution is 6.30. The third-order valence-electron chi connectivity index (χ3n) is 7.09. The largest absolute Gasteiger partial charge is 0.392 e. The Morgan fingerprint density at radius 1 is 1.08 bits per heavy atom. The molecule has 5 nitrogen and oxygen atoms in total. The number of benzene rings is 2. The predicted molar refractivity (Wildman–Crippen MR) is 135 cm³/mol. The van der Waals surface area contributed by atoms with E-state index in [4.69, 9.17) is 11.6 Å². The first-order valence-electron chi connectivity index (χ1n) is 12.2. The number of nitrogens with one attached hydrogen (secondary N) is 2. The molecule has 1 amide bonds. The molecule has 0 bridgehead atoms. The van der Waals surface area contributed by atoms with Crippen LogP contribution >= 0.6 is 11.6 Å². The van der Waals surface area contributed by atoms with Gasteiger partial charge in [0.15, 0.2) is 0 Å². The van der Waals surface area contributed by atoms with Gasteiger partial charge in [-0.15, -0.1) is 0 Å². The van der Waals surface area contributed by atoms with Gasteiger partial charge < -0.3 is 10.6 Å². The number of carbonyl (C=O) groups is 1. The van der Waals surface area contributed by atoms with Crippen molar-refractivity contribution in [2.45, 2.75) is 38.0 Å². The number of nitrogens with zero attached hydrogens (tertiary/aromatic N) is 2. The molecule has 0 radical (unpaired) electrons. The van der Waals surface area contributed by atoms with Gasteiger partial charge in [-0.3, -0.25) is 9.69 Å². The Hall–Kier alpha value is -2.84. The number of hydrogen-bond donors (Lipinski definition) is 2. The summed E-state index contributed by atoms with van der Waals surface area (Å²) in [6.45, 7) is 2.78. The first kappa shape index (κ1) is 24.8. The van der Waals surface area contributed by atoms with Gasteiger partial charge in [-0.2, -0.15) is 13.2 Å². The summed E-state index contributed by atoms with van der Waals surface area (Å²) >= 11 is 5.97. The maximum atomic E-state index is 13.3. The summed E-state index contributed by atoms with van der Waals surface area (Å²) in [5, 5.41) is 7.63. The fourth-order valence-electron chi connectivity index (χ4n) is 4.91. The lowest BCUT2D eigenvalue weighted by Crippen LogP contribution is -2.44. The van der Waals surface area contributed by atoms with Crippen molar-refractivity contribution in [3.63, 3.8) is 0 Å². The van der Waals surface area contributed by atoms with E-state index in [1.807, 2.05) is 48.5 Å². The number of para-hydroxylation sites is 1. The summed E-state index contributed by atoms with van der Waals surface area (Å²) < 4.78 is 38.6. The average molecular weight is 517 g/mol. The fourth-order valence-corrected chi connectivity index (χ4v) is 5.04. The van der Waals surface area contributed by atoms with E-state index in [-0.39, 0.29) is 24.9 Å². The molecule has 2 N–H and O–H groups in total. The van der Waals surface area contributed by atoms with Crippen LogP contribution in [0.1, 0.15) is 35.2 Å². The van der Waals surface area contributed by atoms with Gasteiger partial charge >= 0.3 is 6.18 Å². The standard InChI is InChI=1S/C27H28ClF3N4O/c28-19-7-5-17(6-8-19)16-35-11-9-20(10-12-35)33-26(36)22-14-25(34-24-4-2-1-3-21(22)24)32-15-18-13-23(18)27(29,30)31/h1-8,14,18,20,23H,9-13,15-16H2,(H,32,34)(H,33,36)/t18-,23-/m1/s1. The van der Waals surface area contributed by atoms with Crippen LogP contribution in [0.15, 0.2) is 54.6 Å². The molecule has 9 heteroatoms. The predicted octanol–water partition coefficient (Wildman–Crippen LogP) is 5.89. The number of pyridine rings is 1. The topological polar surface area (TPSA) is 57.3 Å². The number of alkyl halides is 3. The quantitative estimate of drug-likeness (QED) is 0.411. The second kappa shape index (κ2) is 10.3. The number of fused-ring (bicyclic) bond motifs is 1. The van der Waals surface area contributed by atoms with E-state index < -0.39 is 18.0 Å². The lowest BCUT2D eigenvalue weighted by atomic mass is 10.0. The number of anilines is 1. The van der Waals surface area contributed by atoms with Crippen molar-refractivity contribution in [2.24, 2.45) is 11.8 Å². The molecular weight excluding hydrogens is 489 g/mol. The lowest BCUT2D eigenvalue weighted by Gasteiger charge is -2.32. The molecule has 1 aromatic heterocycles. The van der Waals surface area contributed by atoms with Crippen LogP contribution in [0.5, 0.6) is 0 Å². The molecule has 2 aromatic carbocycles. The van der Waals surface area contributed by atoms with E-state index in [1.165, 1.54) is 5.56 Å². The smallest absolute Gasteiger partial charge is 0.370 e. The molecule has 2 fully saturated rings. The van der Waals surface area contributed by atoms with Gasteiger partial charge in [0.2, 0.25) is 0 Å². The Balaban J connectivity index is 1.21. The number of rotatable bonds is 7. The summed E-state index contributed by atoms with van der Waals surface area (Å²) in [5.74, 6) is -1.47. The molecule has 190 valence electrons. The molecule has 3 aromatic rings. The van der Waals surface area contributed by atoms with E-state index >= 15 is 0 Å². The van der Waals surface area contributed by atoms with Crippen molar-refractivity contribution in [3.8, 4) is 0 Å². The Morgan fingerprint density at radius 2 is 1.81 bits per heavy atom. The minimum Gasteiger partial charge on any atom is -0.370 e. The zero-order chi connectivity index (χ0) is 25.3. The Kier molecular flexibility index (Phi) is 7.08. The molecule has 1 aliphatic heterocycles. The van der Waals surface area contributed by atoms with Crippen LogP contribution in [0.3, 0.4) is 0 Å². The van der Waals surface area contributed by atoms with Gasteiger partial charge in [0.05, 0.1) is 17.0 Å². The van der Waals surface area contributed by atoms with Crippen molar-refractivity contribution in [1.82, 2.24) is 15.2 Å². The summed E-state index contributed by atoms with van der Waals surface area (Å²) in [6.07, 6.45) is -2.34. The highest BCUT2D eigenvalue weighted by Gasteiger charge is 2.55. The molecule has 2 atom stereocenters. The molecule has 1 saturated heterocycles. The number of aromatic nitrogens is 1. The summed E-state index contributed by atoms with van der Waals surface area (Å²) in [4.78, 5) is 20.2. The third-order valence-corrected chi connectivity index (χ3v) is 7.34. The maximum absolute atomic E-state index is 13.3. The minimum atomic E-state index is -4.15. The highest BCUT2D eigenvalue weighted by Crippen LogP contribution is 2.49. The van der Waals surface area contributed by atoms with Crippen LogP contribution in [0.2, 0.25) is 5.02 Å². The molecule has 5 rings (SSSR count). The monoisotopic (exact) mass is 516 g/mol. The van der Waals surface area contributed by atoms with Gasteiger partial charge in [-0.25, -0.2) is 4.98 Å². The Labute approximate surface area is 213 Å². The molecule has 0 spiro atoms. The van der Waals surface area contributed by atoms with Gasteiger partial charge in [0, 0.05) is 42.6 Å². The van der Waals surface area contributed by atoms with Crippen molar-refractivity contribution >= 4 is 34.2 Å². The van der Waals surface area contributed by atoms with Crippen molar-refractivity contribution in [1.29, 1.82) is 0 Å². The first-order chi connectivity index (χ1) is 17.3. The van der Waals surface area contributed by atoms with Crippen molar-refractivity contribution in [3.05, 3.63) is 70.7 Å². The summed E-state index contributed by atoms with van der Waals surface area (Å²) in [7, 11) is 0. The SMILES string of the molecule is O=C(NC1CCN(Cc2ccc(Cl)cc2)CC1)c1cc(NC[C@H]2C[C@H]2C(F)(F)F)nc2ccccc12. The number of hydrogen-bond acceptors (Lipinski definition) is 4. The molecule has 2 aliphatic rings. The Bertz CT molecular complexity index is 1230. The van der Waals surface area contributed by atoms with Crippen LogP contribution in [-0.2, 0) is 6.54 Å². The van der Waals surface area contributed by atoms with Crippen LogP contribution < -0.4 is 10.6 Å². The number of halogens is 4. The first-order valence-corrected chi connectivity index (χ1v) is 12.6. The maximum Gasteiger partial charge on any atom is 0.392 e. The second-order valence-electron chi connectivity index (χ2n) is 9.75.